The van der Waals surface area contributed by atoms with E-state index in [2.05, 4.69) is 23.8 Å². The van der Waals surface area contributed by atoms with Crippen LogP contribution in [0.2, 0.25) is 0 Å². The van der Waals surface area contributed by atoms with Crippen molar-refractivity contribution in [3.05, 3.63) is 0 Å². The van der Waals surface area contributed by atoms with Crippen LogP contribution in [0.4, 0.5) is 0 Å². The fourth-order valence-electron chi connectivity index (χ4n) is 2.97. The van der Waals surface area contributed by atoms with Gasteiger partial charge in [0.1, 0.15) is 0 Å². The highest BCUT2D eigenvalue weighted by Crippen LogP contribution is 2.18. The quantitative estimate of drug-likeness (QED) is 0.671. The number of ether oxygens (including phenoxy) is 1. The van der Waals surface area contributed by atoms with Gasteiger partial charge in [0.2, 0.25) is 0 Å². The minimum absolute atomic E-state index is 0.198. The van der Waals surface area contributed by atoms with Crippen LogP contribution in [-0.4, -0.2) is 73.5 Å². The lowest BCUT2D eigenvalue weighted by molar-refractivity contribution is -0.0129. The first-order valence-electron chi connectivity index (χ1n) is 8.71. The second-order valence-corrected chi connectivity index (χ2v) is 6.90. The van der Waals surface area contributed by atoms with Crippen LogP contribution >= 0.6 is 0 Å². The maximum atomic E-state index is 9.98. The molecule has 1 unspecified atom stereocenters. The summed E-state index contributed by atoms with van der Waals surface area (Å²) in [5.41, 5.74) is 0. The van der Waals surface area contributed by atoms with Gasteiger partial charge in [0.15, 0.2) is 0 Å². The molecule has 0 spiro atoms. The predicted octanol–water partition coefficient (Wildman–Crippen LogP) is 2.22. The minimum Gasteiger partial charge on any atom is -0.389 e. The third kappa shape index (κ3) is 8.77. The Balaban J connectivity index is 2.14. The summed E-state index contributed by atoms with van der Waals surface area (Å²) < 4.78 is 5.47. The predicted molar refractivity (Wildman–Crippen MR) is 88.7 cm³/mol. The molecule has 0 radical (unpaired) electrons. The van der Waals surface area contributed by atoms with Crippen molar-refractivity contribution in [2.24, 2.45) is 5.92 Å². The molecule has 21 heavy (non-hydrogen) atoms. The molecule has 0 aromatic heterocycles. The Morgan fingerprint density at radius 2 is 1.95 bits per heavy atom. The second-order valence-electron chi connectivity index (χ2n) is 6.90. The highest BCUT2D eigenvalue weighted by Gasteiger charge is 2.22. The molecule has 0 saturated carbocycles. The smallest absolute Gasteiger partial charge is 0.0900 e. The zero-order chi connectivity index (χ0) is 15.7. The van der Waals surface area contributed by atoms with E-state index in [1.807, 2.05) is 13.8 Å². The Labute approximate surface area is 131 Å². The van der Waals surface area contributed by atoms with E-state index in [0.29, 0.717) is 6.61 Å². The van der Waals surface area contributed by atoms with Gasteiger partial charge in [-0.1, -0.05) is 13.3 Å². The van der Waals surface area contributed by atoms with Gasteiger partial charge in [-0.25, -0.2) is 0 Å². The summed E-state index contributed by atoms with van der Waals surface area (Å²) in [7, 11) is 2.25. The number of unbranched alkanes of at least 4 members (excludes halogenated alkanes) is 1. The van der Waals surface area contributed by atoms with E-state index in [1.54, 1.807) is 0 Å². The topological polar surface area (TPSA) is 35.9 Å². The van der Waals surface area contributed by atoms with Gasteiger partial charge >= 0.3 is 0 Å². The summed E-state index contributed by atoms with van der Waals surface area (Å²) in [6, 6.07) is 0. The largest absolute Gasteiger partial charge is 0.389 e. The van der Waals surface area contributed by atoms with Crippen molar-refractivity contribution in [1.82, 2.24) is 9.80 Å². The van der Waals surface area contributed by atoms with Crippen molar-refractivity contribution in [3.63, 3.8) is 0 Å². The average Bonchev–Trinajstić information content (AvgIpc) is 2.45. The zero-order valence-electron chi connectivity index (χ0n) is 14.6. The zero-order valence-corrected chi connectivity index (χ0v) is 14.6. The molecule has 1 N–H and O–H groups in total. The van der Waals surface area contributed by atoms with Gasteiger partial charge in [0.05, 0.1) is 18.8 Å². The molecule has 0 aromatic rings. The number of rotatable bonds is 10. The van der Waals surface area contributed by atoms with E-state index in [9.17, 15) is 5.11 Å². The molecule has 1 aliphatic heterocycles. The summed E-state index contributed by atoms with van der Waals surface area (Å²) in [5, 5.41) is 9.98. The lowest BCUT2D eigenvalue weighted by atomic mass is 9.96. The second kappa shape index (κ2) is 10.5. The first-order valence-corrected chi connectivity index (χ1v) is 8.71. The minimum atomic E-state index is -0.351. The van der Waals surface area contributed by atoms with Gasteiger partial charge in [-0.15, -0.1) is 0 Å². The Morgan fingerprint density at radius 1 is 1.29 bits per heavy atom. The summed E-state index contributed by atoms with van der Waals surface area (Å²) in [5.74, 6) is 0.826. The Kier molecular flexibility index (Phi) is 9.49. The number of likely N-dealkylation sites (tertiary alicyclic amines) is 1. The van der Waals surface area contributed by atoms with Gasteiger partial charge in [-0.3, -0.25) is 0 Å². The van der Waals surface area contributed by atoms with Gasteiger partial charge in [-0.2, -0.15) is 0 Å². The SMILES string of the molecule is CCCCN(C)CC1CCN(CC(O)COC(C)C)CC1. The van der Waals surface area contributed by atoms with Gasteiger partial charge < -0.3 is 19.6 Å². The van der Waals surface area contributed by atoms with Crippen LogP contribution in [0.25, 0.3) is 0 Å². The molecule has 0 bridgehead atoms. The van der Waals surface area contributed by atoms with Crippen molar-refractivity contribution in [3.8, 4) is 0 Å². The van der Waals surface area contributed by atoms with E-state index in [4.69, 9.17) is 4.74 Å². The molecule has 0 amide bonds. The lowest BCUT2D eigenvalue weighted by Crippen LogP contribution is -2.42. The Morgan fingerprint density at radius 3 is 2.52 bits per heavy atom. The summed E-state index contributed by atoms with van der Waals surface area (Å²) in [4.78, 5) is 4.87. The summed E-state index contributed by atoms with van der Waals surface area (Å²) in [6.07, 6.45) is 4.94. The third-order valence-electron chi connectivity index (χ3n) is 4.26. The maximum Gasteiger partial charge on any atom is 0.0900 e. The van der Waals surface area contributed by atoms with Gasteiger partial charge in [-0.05, 0) is 65.7 Å². The van der Waals surface area contributed by atoms with Crippen molar-refractivity contribution < 1.29 is 9.84 Å². The molecule has 0 aliphatic carbocycles. The molecule has 4 nitrogen and oxygen atoms in total. The van der Waals surface area contributed by atoms with Gasteiger partial charge in [0.25, 0.3) is 0 Å². The molecule has 4 heteroatoms. The number of nitrogens with zero attached hydrogens (tertiary/aromatic N) is 2. The Hall–Kier alpha value is -0.160. The van der Waals surface area contributed by atoms with E-state index < -0.39 is 0 Å². The normalized spacial score (nSPS) is 19.6. The molecule has 1 saturated heterocycles. The molecular weight excluding hydrogens is 264 g/mol. The fraction of sp³-hybridized carbons (Fsp3) is 1.00. The van der Waals surface area contributed by atoms with Crippen molar-refractivity contribution in [2.45, 2.75) is 58.7 Å². The highest BCUT2D eigenvalue weighted by atomic mass is 16.5. The molecule has 1 heterocycles. The number of aliphatic hydroxyl groups is 1. The molecule has 0 aromatic carbocycles. The number of β-amino-alcohol motifs (C(OH)–C–C–N with tert-alkyl or cyclic N) is 1. The fourth-order valence-corrected chi connectivity index (χ4v) is 2.97. The number of hydrogen-bond donors (Lipinski definition) is 1. The van der Waals surface area contributed by atoms with Crippen LogP contribution in [-0.2, 0) is 4.74 Å². The van der Waals surface area contributed by atoms with E-state index in [-0.39, 0.29) is 12.2 Å². The number of hydrogen-bond acceptors (Lipinski definition) is 4. The third-order valence-corrected chi connectivity index (χ3v) is 4.26. The molecule has 1 aliphatic rings. The first kappa shape index (κ1) is 18.9. The standard InChI is InChI=1S/C17H36N2O2/c1-5-6-9-18(4)12-16-7-10-19(11-8-16)13-17(20)14-21-15(2)3/h15-17,20H,5-14H2,1-4H3. The lowest BCUT2D eigenvalue weighted by Gasteiger charge is -2.34. The van der Waals surface area contributed by atoms with Crippen LogP contribution < -0.4 is 0 Å². The van der Waals surface area contributed by atoms with Crippen LogP contribution in [0.5, 0.6) is 0 Å². The first-order chi connectivity index (χ1) is 10.0. The van der Waals surface area contributed by atoms with Gasteiger partial charge in [0, 0.05) is 13.1 Å². The van der Waals surface area contributed by atoms with E-state index in [1.165, 1.54) is 38.8 Å². The van der Waals surface area contributed by atoms with Crippen LogP contribution in [0.3, 0.4) is 0 Å². The number of piperidine rings is 1. The molecule has 126 valence electrons. The van der Waals surface area contributed by atoms with Crippen molar-refractivity contribution in [1.29, 1.82) is 0 Å². The van der Waals surface area contributed by atoms with E-state index >= 15 is 0 Å². The molecular formula is C17H36N2O2. The van der Waals surface area contributed by atoms with Crippen LogP contribution in [0.15, 0.2) is 0 Å². The molecule has 1 atom stereocenters. The molecule has 1 fully saturated rings. The van der Waals surface area contributed by atoms with Crippen LogP contribution in [0.1, 0.15) is 46.5 Å². The van der Waals surface area contributed by atoms with E-state index in [0.717, 1.165) is 25.6 Å². The Bertz CT molecular complexity index is 253. The van der Waals surface area contributed by atoms with Crippen molar-refractivity contribution in [2.75, 3.05) is 46.4 Å². The average molecular weight is 300 g/mol. The summed E-state index contributed by atoms with van der Waals surface area (Å²) >= 11 is 0. The van der Waals surface area contributed by atoms with Crippen LogP contribution in [0, 0.1) is 5.92 Å². The summed E-state index contributed by atoms with van der Waals surface area (Å²) in [6.45, 7) is 12.2. The number of aliphatic hydroxyl groups excluding tert-OH is 1. The highest BCUT2D eigenvalue weighted by molar-refractivity contribution is 4.76. The molecule has 1 rings (SSSR count). The van der Waals surface area contributed by atoms with Crippen molar-refractivity contribution >= 4 is 0 Å². The monoisotopic (exact) mass is 300 g/mol. The maximum absolute atomic E-state index is 9.98.